The zero-order valence-electron chi connectivity index (χ0n) is 14.9. The highest BCUT2D eigenvalue weighted by Gasteiger charge is 2.15. The maximum atomic E-state index is 12.5. The Balaban J connectivity index is 1.95. The highest BCUT2D eigenvalue weighted by atomic mass is 16.5. The summed E-state index contributed by atoms with van der Waals surface area (Å²) in [4.78, 5) is 14.2. The van der Waals surface area contributed by atoms with Crippen LogP contribution in [0.5, 0.6) is 5.75 Å². The largest absolute Gasteiger partial charge is 0.483 e. The van der Waals surface area contributed by atoms with Gasteiger partial charge in [0.2, 0.25) is 0 Å². The van der Waals surface area contributed by atoms with Gasteiger partial charge in [-0.15, -0.1) is 0 Å². The number of hydrogen-bond donors (Lipinski definition) is 0. The predicted molar refractivity (Wildman–Crippen MR) is 98.4 cm³/mol. The Hall–Kier alpha value is -2.80. The molecule has 0 aliphatic heterocycles. The lowest BCUT2D eigenvalue weighted by molar-refractivity contribution is -0.133. The Bertz CT molecular complexity index is 735. The van der Waals surface area contributed by atoms with Crippen LogP contribution in [0.15, 0.2) is 48.5 Å². The fraction of sp³-hybridized carbons (Fsp3) is 0.333. The van der Waals surface area contributed by atoms with E-state index in [4.69, 9.17) is 10.00 Å². The topological polar surface area (TPSA) is 53.3 Å². The van der Waals surface area contributed by atoms with Gasteiger partial charge in [0, 0.05) is 13.1 Å². The van der Waals surface area contributed by atoms with Crippen molar-refractivity contribution in [1.82, 2.24) is 4.90 Å². The molecule has 0 saturated carbocycles. The van der Waals surface area contributed by atoms with E-state index < -0.39 is 0 Å². The first-order valence-corrected chi connectivity index (χ1v) is 8.49. The second-order valence-corrected chi connectivity index (χ2v) is 6.01. The molecule has 2 aromatic rings. The molecule has 0 aliphatic rings. The van der Waals surface area contributed by atoms with Crippen molar-refractivity contribution < 1.29 is 9.53 Å². The van der Waals surface area contributed by atoms with E-state index in [-0.39, 0.29) is 12.5 Å². The van der Waals surface area contributed by atoms with E-state index in [9.17, 15) is 4.79 Å². The molecule has 2 aromatic carbocycles. The molecule has 0 unspecified atom stereocenters. The van der Waals surface area contributed by atoms with Gasteiger partial charge in [0.1, 0.15) is 5.75 Å². The molecule has 25 heavy (non-hydrogen) atoms. The van der Waals surface area contributed by atoms with Crippen molar-refractivity contribution in [2.75, 3.05) is 19.7 Å². The first-order chi connectivity index (χ1) is 12.1. The summed E-state index contributed by atoms with van der Waals surface area (Å²) >= 11 is 0. The molecule has 4 nitrogen and oxygen atoms in total. The van der Waals surface area contributed by atoms with Gasteiger partial charge in [-0.05, 0) is 43.0 Å². The zero-order valence-corrected chi connectivity index (χ0v) is 14.9. The number of nitriles is 1. The average molecular weight is 336 g/mol. The Kier molecular flexibility index (Phi) is 7.03. The first kappa shape index (κ1) is 18.5. The van der Waals surface area contributed by atoms with E-state index in [2.05, 4.69) is 6.07 Å². The Morgan fingerprint density at radius 2 is 1.84 bits per heavy atom. The summed E-state index contributed by atoms with van der Waals surface area (Å²) in [5, 5.41) is 8.84. The SMILES string of the molecule is Cc1cccc(OCC(=O)N(CCC#N)CCc2ccccc2)c1C. The van der Waals surface area contributed by atoms with Gasteiger partial charge in [-0.2, -0.15) is 5.26 Å². The number of hydrogen-bond acceptors (Lipinski definition) is 3. The summed E-state index contributed by atoms with van der Waals surface area (Å²) < 4.78 is 5.72. The van der Waals surface area contributed by atoms with Crippen molar-refractivity contribution in [3.05, 3.63) is 65.2 Å². The van der Waals surface area contributed by atoms with E-state index in [0.717, 1.165) is 23.3 Å². The molecule has 0 aliphatic carbocycles. The van der Waals surface area contributed by atoms with Gasteiger partial charge >= 0.3 is 0 Å². The van der Waals surface area contributed by atoms with Gasteiger partial charge < -0.3 is 9.64 Å². The third-order valence-electron chi connectivity index (χ3n) is 4.27. The molecule has 1 amide bonds. The molecule has 2 rings (SSSR count). The number of carbonyl (C=O) groups is 1. The average Bonchev–Trinajstić information content (AvgIpc) is 2.63. The molecular weight excluding hydrogens is 312 g/mol. The van der Waals surface area contributed by atoms with Gasteiger partial charge in [-0.25, -0.2) is 0 Å². The zero-order chi connectivity index (χ0) is 18.1. The summed E-state index contributed by atoms with van der Waals surface area (Å²) in [5.74, 6) is 0.642. The fourth-order valence-electron chi connectivity index (χ4n) is 2.57. The van der Waals surface area contributed by atoms with Crippen molar-refractivity contribution in [1.29, 1.82) is 5.26 Å². The Labute approximate surface area is 149 Å². The molecule has 130 valence electrons. The lowest BCUT2D eigenvalue weighted by Gasteiger charge is -2.22. The Morgan fingerprint density at radius 1 is 1.08 bits per heavy atom. The molecule has 0 fully saturated rings. The molecule has 0 bridgehead atoms. The molecule has 4 heteroatoms. The summed E-state index contributed by atoms with van der Waals surface area (Å²) in [6, 6.07) is 17.9. The second kappa shape index (κ2) is 9.48. The van der Waals surface area contributed by atoms with Crippen LogP contribution in [0.1, 0.15) is 23.1 Å². The number of carbonyl (C=O) groups excluding carboxylic acids is 1. The van der Waals surface area contributed by atoms with Crippen molar-refractivity contribution in [2.24, 2.45) is 0 Å². The molecule has 0 radical (unpaired) electrons. The third kappa shape index (κ3) is 5.65. The predicted octanol–water partition coefficient (Wildman–Crippen LogP) is 3.67. The number of ether oxygens (including phenoxy) is 1. The monoisotopic (exact) mass is 336 g/mol. The normalized spacial score (nSPS) is 10.1. The smallest absolute Gasteiger partial charge is 0.260 e. The lowest BCUT2D eigenvalue weighted by Crippen LogP contribution is -2.37. The Morgan fingerprint density at radius 3 is 2.56 bits per heavy atom. The summed E-state index contributed by atoms with van der Waals surface area (Å²) in [6.45, 7) is 5.00. The van der Waals surface area contributed by atoms with Gasteiger partial charge in [0.15, 0.2) is 6.61 Å². The van der Waals surface area contributed by atoms with Crippen LogP contribution >= 0.6 is 0 Å². The third-order valence-corrected chi connectivity index (χ3v) is 4.27. The minimum atomic E-state index is -0.0907. The highest BCUT2D eigenvalue weighted by Crippen LogP contribution is 2.20. The van der Waals surface area contributed by atoms with E-state index >= 15 is 0 Å². The second-order valence-electron chi connectivity index (χ2n) is 6.01. The minimum absolute atomic E-state index is 0.00941. The van der Waals surface area contributed by atoms with E-state index in [1.165, 1.54) is 5.56 Å². The van der Waals surface area contributed by atoms with E-state index in [1.807, 2.05) is 62.4 Å². The van der Waals surface area contributed by atoms with Crippen LogP contribution in [0.2, 0.25) is 0 Å². The van der Waals surface area contributed by atoms with Crippen LogP contribution in [0, 0.1) is 25.2 Å². The molecule has 0 N–H and O–H groups in total. The molecule has 0 aromatic heterocycles. The number of rotatable bonds is 8. The number of aryl methyl sites for hydroxylation is 1. The van der Waals surface area contributed by atoms with Gasteiger partial charge in [-0.3, -0.25) is 4.79 Å². The van der Waals surface area contributed by atoms with Gasteiger partial charge in [0.25, 0.3) is 5.91 Å². The molecule has 0 atom stereocenters. The van der Waals surface area contributed by atoms with Crippen molar-refractivity contribution >= 4 is 5.91 Å². The lowest BCUT2D eigenvalue weighted by atomic mass is 10.1. The van der Waals surface area contributed by atoms with E-state index in [0.29, 0.717) is 19.5 Å². The van der Waals surface area contributed by atoms with Crippen LogP contribution in [0.3, 0.4) is 0 Å². The number of amides is 1. The van der Waals surface area contributed by atoms with E-state index in [1.54, 1.807) is 4.90 Å². The van der Waals surface area contributed by atoms with Gasteiger partial charge in [-0.1, -0.05) is 42.5 Å². The van der Waals surface area contributed by atoms with Crippen molar-refractivity contribution in [2.45, 2.75) is 26.7 Å². The standard InChI is InChI=1S/C21H24N2O2/c1-17-8-6-11-20(18(17)2)25-16-21(24)23(14-7-13-22)15-12-19-9-4-3-5-10-19/h3-6,8-11H,7,12,14-16H2,1-2H3. The minimum Gasteiger partial charge on any atom is -0.483 e. The van der Waals surface area contributed by atoms with Crippen LogP contribution in [0.4, 0.5) is 0 Å². The quantitative estimate of drug-likeness (QED) is 0.739. The van der Waals surface area contributed by atoms with Crippen molar-refractivity contribution in [3.8, 4) is 11.8 Å². The maximum Gasteiger partial charge on any atom is 0.260 e. The number of benzene rings is 2. The summed E-state index contributed by atoms with van der Waals surface area (Å²) in [5.41, 5.74) is 3.35. The van der Waals surface area contributed by atoms with Crippen molar-refractivity contribution in [3.63, 3.8) is 0 Å². The van der Waals surface area contributed by atoms with Crippen LogP contribution < -0.4 is 4.74 Å². The maximum absolute atomic E-state index is 12.5. The fourth-order valence-corrected chi connectivity index (χ4v) is 2.57. The highest BCUT2D eigenvalue weighted by molar-refractivity contribution is 5.77. The molecule has 0 spiro atoms. The molecular formula is C21H24N2O2. The summed E-state index contributed by atoms with van der Waals surface area (Å²) in [6.07, 6.45) is 1.09. The van der Waals surface area contributed by atoms with Crippen LogP contribution in [-0.4, -0.2) is 30.5 Å². The van der Waals surface area contributed by atoms with Crippen LogP contribution in [-0.2, 0) is 11.2 Å². The first-order valence-electron chi connectivity index (χ1n) is 8.49. The molecule has 0 saturated heterocycles. The van der Waals surface area contributed by atoms with Gasteiger partial charge in [0.05, 0.1) is 12.5 Å². The van der Waals surface area contributed by atoms with Crippen LogP contribution in [0.25, 0.3) is 0 Å². The summed E-state index contributed by atoms with van der Waals surface area (Å²) in [7, 11) is 0. The number of nitrogens with zero attached hydrogens (tertiary/aromatic N) is 2. The molecule has 0 heterocycles.